The third-order valence-electron chi connectivity index (χ3n) is 6.37. The van der Waals surface area contributed by atoms with Crippen LogP contribution in [0.3, 0.4) is 0 Å². The Bertz CT molecular complexity index is 1250. The molecule has 0 amide bonds. The van der Waals surface area contributed by atoms with E-state index >= 15 is 0 Å². The summed E-state index contributed by atoms with van der Waals surface area (Å²) in [5.41, 5.74) is -1.53. The molecule has 35 heavy (non-hydrogen) atoms. The average Bonchev–Trinajstić information content (AvgIpc) is 3.52. The van der Waals surface area contributed by atoms with E-state index in [1.165, 1.54) is 12.8 Å². The van der Waals surface area contributed by atoms with Gasteiger partial charge in [-0.15, -0.1) is 5.10 Å². The highest BCUT2D eigenvalue weighted by molar-refractivity contribution is 5.32. The van der Waals surface area contributed by atoms with Gasteiger partial charge < -0.3 is 14.6 Å². The summed E-state index contributed by atoms with van der Waals surface area (Å²) in [6, 6.07) is 7.57. The SMILES string of the molecule is CC[C@@](O)(Cn1nncc1CCOCn1cc(F)c(=O)[nH]c1=O)c1cccc(OC2CCCC2)c1. The molecule has 1 saturated carbocycles. The zero-order valence-electron chi connectivity index (χ0n) is 19.7. The summed E-state index contributed by atoms with van der Waals surface area (Å²) in [6.45, 7) is 2.07. The van der Waals surface area contributed by atoms with Gasteiger partial charge in [0.25, 0.3) is 5.56 Å². The van der Waals surface area contributed by atoms with Crippen LogP contribution in [-0.2, 0) is 30.0 Å². The van der Waals surface area contributed by atoms with Gasteiger partial charge >= 0.3 is 5.69 Å². The zero-order valence-corrected chi connectivity index (χ0v) is 19.7. The van der Waals surface area contributed by atoms with Crippen LogP contribution in [0.5, 0.6) is 5.75 Å². The van der Waals surface area contributed by atoms with Crippen molar-refractivity contribution < 1.29 is 19.0 Å². The predicted octanol–water partition coefficient (Wildman–Crippen LogP) is 2.10. The van der Waals surface area contributed by atoms with E-state index in [0.29, 0.717) is 12.8 Å². The number of nitrogens with zero attached hydrogens (tertiary/aromatic N) is 4. The van der Waals surface area contributed by atoms with E-state index in [0.717, 1.165) is 40.6 Å². The molecule has 2 heterocycles. The predicted molar refractivity (Wildman–Crippen MR) is 124 cm³/mol. The van der Waals surface area contributed by atoms with E-state index in [-0.39, 0.29) is 26.0 Å². The molecule has 2 aromatic heterocycles. The fraction of sp³-hybridized carbons (Fsp3) is 0.500. The number of aliphatic hydroxyl groups is 1. The highest BCUT2D eigenvalue weighted by Gasteiger charge is 2.30. The summed E-state index contributed by atoms with van der Waals surface area (Å²) in [5.74, 6) is -0.311. The van der Waals surface area contributed by atoms with Crippen LogP contribution < -0.4 is 16.0 Å². The lowest BCUT2D eigenvalue weighted by Crippen LogP contribution is -2.32. The van der Waals surface area contributed by atoms with Gasteiger partial charge in [0.2, 0.25) is 5.82 Å². The van der Waals surface area contributed by atoms with Gasteiger partial charge in [-0.25, -0.2) is 9.48 Å². The number of aromatic nitrogens is 5. The zero-order chi connectivity index (χ0) is 24.8. The highest BCUT2D eigenvalue weighted by atomic mass is 19.1. The Morgan fingerprint density at radius 1 is 1.29 bits per heavy atom. The lowest BCUT2D eigenvalue weighted by molar-refractivity contribution is 0.00877. The number of nitrogens with one attached hydrogen (secondary N) is 1. The second kappa shape index (κ2) is 11.0. The van der Waals surface area contributed by atoms with Crippen LogP contribution in [0.15, 0.2) is 46.2 Å². The number of hydrogen-bond acceptors (Lipinski definition) is 7. The molecule has 3 aromatic rings. The highest BCUT2D eigenvalue weighted by Crippen LogP contribution is 2.31. The fourth-order valence-electron chi connectivity index (χ4n) is 4.24. The molecule has 1 atom stereocenters. The lowest BCUT2D eigenvalue weighted by Gasteiger charge is -2.28. The number of halogens is 1. The summed E-state index contributed by atoms with van der Waals surface area (Å²) in [5, 5.41) is 19.6. The lowest BCUT2D eigenvalue weighted by atomic mass is 9.90. The molecule has 10 nitrogen and oxygen atoms in total. The van der Waals surface area contributed by atoms with E-state index < -0.39 is 22.7 Å². The third kappa shape index (κ3) is 6.04. The van der Waals surface area contributed by atoms with E-state index in [9.17, 15) is 19.1 Å². The van der Waals surface area contributed by atoms with Gasteiger partial charge in [0.05, 0.1) is 37.3 Å². The summed E-state index contributed by atoms with van der Waals surface area (Å²) in [4.78, 5) is 24.7. The van der Waals surface area contributed by atoms with E-state index in [1.54, 1.807) is 10.9 Å². The normalized spacial score (nSPS) is 15.9. The molecule has 0 unspecified atom stereocenters. The van der Waals surface area contributed by atoms with Crippen LogP contribution in [0, 0.1) is 5.82 Å². The summed E-state index contributed by atoms with van der Waals surface area (Å²) < 4.78 is 27.5. The molecule has 11 heteroatoms. The Balaban J connectivity index is 1.38. The topological polar surface area (TPSA) is 124 Å². The maximum absolute atomic E-state index is 13.4. The first-order valence-electron chi connectivity index (χ1n) is 11.8. The minimum atomic E-state index is -1.18. The van der Waals surface area contributed by atoms with Gasteiger partial charge in [-0.3, -0.25) is 14.3 Å². The molecule has 0 radical (unpaired) electrons. The number of hydrogen-bond donors (Lipinski definition) is 2. The average molecular weight is 488 g/mol. The van der Waals surface area contributed by atoms with Crippen molar-refractivity contribution in [2.45, 2.75) is 70.4 Å². The maximum atomic E-state index is 13.4. The molecule has 4 rings (SSSR count). The smallest absolute Gasteiger partial charge is 0.330 e. The van der Waals surface area contributed by atoms with Crippen molar-refractivity contribution in [3.63, 3.8) is 0 Å². The largest absolute Gasteiger partial charge is 0.490 e. The van der Waals surface area contributed by atoms with E-state index in [1.807, 2.05) is 36.2 Å². The molecule has 0 saturated heterocycles. The minimum Gasteiger partial charge on any atom is -0.490 e. The Morgan fingerprint density at radius 3 is 2.86 bits per heavy atom. The number of rotatable bonds is 11. The second-order valence-corrected chi connectivity index (χ2v) is 8.81. The Morgan fingerprint density at radius 2 is 2.09 bits per heavy atom. The molecule has 188 valence electrons. The van der Waals surface area contributed by atoms with Gasteiger partial charge in [0, 0.05) is 6.42 Å². The second-order valence-electron chi connectivity index (χ2n) is 8.81. The molecule has 1 fully saturated rings. The maximum Gasteiger partial charge on any atom is 0.330 e. The number of ether oxygens (including phenoxy) is 2. The van der Waals surface area contributed by atoms with Crippen LogP contribution in [0.25, 0.3) is 0 Å². The van der Waals surface area contributed by atoms with Gasteiger partial charge in [0.15, 0.2) is 0 Å². The van der Waals surface area contributed by atoms with Crippen molar-refractivity contribution in [2.75, 3.05) is 6.61 Å². The van der Waals surface area contributed by atoms with Gasteiger partial charge in [0.1, 0.15) is 18.1 Å². The van der Waals surface area contributed by atoms with Crippen LogP contribution in [-0.4, -0.2) is 42.4 Å². The Labute approximate surface area is 201 Å². The quantitative estimate of drug-likeness (QED) is 0.397. The molecule has 1 aliphatic rings. The van der Waals surface area contributed by atoms with Crippen molar-refractivity contribution in [3.8, 4) is 5.75 Å². The first-order valence-corrected chi connectivity index (χ1v) is 11.8. The van der Waals surface area contributed by atoms with Gasteiger partial charge in [-0.05, 0) is 49.8 Å². The molecule has 1 aromatic carbocycles. The Kier molecular flexibility index (Phi) is 7.76. The summed E-state index contributed by atoms with van der Waals surface area (Å²) >= 11 is 0. The van der Waals surface area contributed by atoms with Crippen molar-refractivity contribution >= 4 is 0 Å². The minimum absolute atomic E-state index is 0.190. The van der Waals surface area contributed by atoms with Gasteiger partial charge in [-0.2, -0.15) is 4.39 Å². The molecule has 0 bridgehead atoms. The summed E-state index contributed by atoms with van der Waals surface area (Å²) in [7, 11) is 0. The van der Waals surface area contributed by atoms with E-state index in [4.69, 9.17) is 9.47 Å². The molecule has 0 aliphatic heterocycles. The molecular weight excluding hydrogens is 457 g/mol. The van der Waals surface area contributed by atoms with Gasteiger partial charge in [-0.1, -0.05) is 24.3 Å². The molecule has 0 spiro atoms. The van der Waals surface area contributed by atoms with Crippen LogP contribution in [0.4, 0.5) is 4.39 Å². The van der Waals surface area contributed by atoms with Crippen LogP contribution in [0.1, 0.15) is 50.3 Å². The van der Waals surface area contributed by atoms with E-state index in [2.05, 4.69) is 10.3 Å². The van der Waals surface area contributed by atoms with Crippen LogP contribution >= 0.6 is 0 Å². The van der Waals surface area contributed by atoms with Crippen molar-refractivity contribution in [3.05, 3.63) is 74.6 Å². The molecule has 2 N–H and O–H groups in total. The standard InChI is InChI=1S/C24H30FN5O5/c1-2-24(33,17-6-5-9-20(12-17)35-19-7-3-4-8-19)15-30-18(13-26-28-30)10-11-34-16-29-14-21(25)22(31)27-23(29)32/h5-6,9,12-14,19,33H,2-4,7-8,10-11,15-16H2,1H3,(H,27,31,32)/t24-/m1/s1. The first-order chi connectivity index (χ1) is 16.9. The number of H-pyrrole nitrogens is 1. The van der Waals surface area contributed by atoms with Crippen molar-refractivity contribution in [1.82, 2.24) is 24.5 Å². The summed E-state index contributed by atoms with van der Waals surface area (Å²) in [6.07, 6.45) is 7.95. The fourth-order valence-corrected chi connectivity index (χ4v) is 4.24. The van der Waals surface area contributed by atoms with Crippen molar-refractivity contribution in [2.24, 2.45) is 0 Å². The molecular formula is C24H30FN5O5. The van der Waals surface area contributed by atoms with Crippen molar-refractivity contribution in [1.29, 1.82) is 0 Å². The first kappa shape index (κ1) is 24.8. The monoisotopic (exact) mass is 487 g/mol. The Hall–Kier alpha value is -3.31. The molecule has 1 aliphatic carbocycles. The number of benzene rings is 1. The number of aromatic amines is 1. The third-order valence-corrected chi connectivity index (χ3v) is 6.37. The van der Waals surface area contributed by atoms with Crippen LogP contribution in [0.2, 0.25) is 0 Å².